The molecule has 0 spiro atoms. The topological polar surface area (TPSA) is 12.0 Å². The highest BCUT2D eigenvalue weighted by atomic mass is 35.5. The first-order chi connectivity index (χ1) is 7.45. The van der Waals surface area contributed by atoms with Gasteiger partial charge in [-0.15, -0.1) is 0 Å². The number of hydrogen-bond acceptors (Lipinski definition) is 2. The number of alkyl halides is 3. The van der Waals surface area contributed by atoms with Gasteiger partial charge in [0.1, 0.15) is 0 Å². The fourth-order valence-corrected chi connectivity index (χ4v) is 1.68. The molecule has 0 aliphatic heterocycles. The maximum Gasteiger partial charge on any atom is 0.416 e. The summed E-state index contributed by atoms with van der Waals surface area (Å²) in [6.07, 6.45) is -2.39. The second-order valence-electron chi connectivity index (χ2n) is 3.11. The van der Waals surface area contributed by atoms with Crippen LogP contribution in [-0.2, 0) is 6.18 Å². The van der Waals surface area contributed by atoms with Gasteiger partial charge in [-0.3, -0.25) is 0 Å². The number of nitrogens with one attached hydrogen (secondary N) is 1. The van der Waals surface area contributed by atoms with Crippen molar-refractivity contribution in [3.63, 3.8) is 0 Å². The average molecular weight is 270 g/mol. The molecule has 1 aromatic rings. The van der Waals surface area contributed by atoms with E-state index in [4.69, 9.17) is 11.6 Å². The lowest BCUT2D eigenvalue weighted by molar-refractivity contribution is -0.137. The molecule has 0 radical (unpaired) electrons. The Morgan fingerprint density at radius 3 is 2.56 bits per heavy atom. The standard InChI is InChI=1S/C10H11ClF3NS/c1-16-5-4-15-9-3-2-7(6-8(9)11)10(12,13)14/h2-3,6,15H,4-5H2,1H3. The molecule has 90 valence electrons. The van der Waals surface area contributed by atoms with Gasteiger partial charge >= 0.3 is 6.18 Å². The smallest absolute Gasteiger partial charge is 0.383 e. The zero-order valence-electron chi connectivity index (χ0n) is 8.57. The maximum absolute atomic E-state index is 12.3. The van der Waals surface area contributed by atoms with Crippen molar-refractivity contribution in [2.45, 2.75) is 6.18 Å². The highest BCUT2D eigenvalue weighted by molar-refractivity contribution is 7.98. The average Bonchev–Trinajstić information content (AvgIpc) is 2.19. The second-order valence-corrected chi connectivity index (χ2v) is 4.50. The first-order valence-corrected chi connectivity index (χ1v) is 6.32. The molecule has 0 fully saturated rings. The van der Waals surface area contributed by atoms with Crippen LogP contribution in [0.5, 0.6) is 0 Å². The Morgan fingerprint density at radius 2 is 2.06 bits per heavy atom. The van der Waals surface area contributed by atoms with Crippen LogP contribution in [0.2, 0.25) is 5.02 Å². The van der Waals surface area contributed by atoms with Crippen LogP contribution in [0.4, 0.5) is 18.9 Å². The van der Waals surface area contributed by atoms with E-state index < -0.39 is 11.7 Å². The molecule has 0 saturated heterocycles. The van der Waals surface area contributed by atoms with Crippen molar-refractivity contribution in [1.82, 2.24) is 0 Å². The van der Waals surface area contributed by atoms with Crippen molar-refractivity contribution in [2.24, 2.45) is 0 Å². The summed E-state index contributed by atoms with van der Waals surface area (Å²) in [6, 6.07) is 3.31. The van der Waals surface area contributed by atoms with Gasteiger partial charge in [-0.2, -0.15) is 24.9 Å². The second kappa shape index (κ2) is 5.68. The van der Waals surface area contributed by atoms with E-state index in [0.717, 1.165) is 17.9 Å². The molecule has 0 aliphatic carbocycles. The third kappa shape index (κ3) is 3.79. The van der Waals surface area contributed by atoms with Crippen molar-refractivity contribution in [3.05, 3.63) is 28.8 Å². The summed E-state index contributed by atoms with van der Waals surface area (Å²) >= 11 is 7.39. The summed E-state index contributed by atoms with van der Waals surface area (Å²) in [7, 11) is 0. The number of halogens is 4. The minimum Gasteiger partial charge on any atom is -0.383 e. The molecule has 1 nitrogen and oxygen atoms in total. The van der Waals surface area contributed by atoms with Gasteiger partial charge in [-0.05, 0) is 24.5 Å². The summed E-state index contributed by atoms with van der Waals surface area (Å²) in [6.45, 7) is 0.673. The van der Waals surface area contributed by atoms with Crippen molar-refractivity contribution in [2.75, 3.05) is 23.9 Å². The van der Waals surface area contributed by atoms with Gasteiger partial charge in [0.05, 0.1) is 16.3 Å². The fraction of sp³-hybridized carbons (Fsp3) is 0.400. The minimum atomic E-state index is -4.35. The summed E-state index contributed by atoms with van der Waals surface area (Å²) in [5.41, 5.74) is -0.198. The Bertz CT molecular complexity index is 354. The van der Waals surface area contributed by atoms with Crippen molar-refractivity contribution in [3.8, 4) is 0 Å². The number of thioether (sulfide) groups is 1. The van der Waals surface area contributed by atoms with Crippen molar-refractivity contribution < 1.29 is 13.2 Å². The third-order valence-corrected chi connectivity index (χ3v) is 2.84. The van der Waals surface area contributed by atoms with Crippen LogP contribution in [0.1, 0.15) is 5.56 Å². The van der Waals surface area contributed by atoms with Crippen LogP contribution < -0.4 is 5.32 Å². The van der Waals surface area contributed by atoms with Gasteiger partial charge in [0.15, 0.2) is 0 Å². The monoisotopic (exact) mass is 269 g/mol. The van der Waals surface area contributed by atoms with Crippen LogP contribution in [-0.4, -0.2) is 18.6 Å². The number of rotatable bonds is 4. The summed E-state index contributed by atoms with van der Waals surface area (Å²) in [4.78, 5) is 0. The van der Waals surface area contributed by atoms with E-state index in [2.05, 4.69) is 5.32 Å². The van der Waals surface area contributed by atoms with Crippen LogP contribution in [0, 0.1) is 0 Å². The molecule has 0 bridgehead atoms. The van der Waals surface area contributed by atoms with E-state index in [9.17, 15) is 13.2 Å². The predicted octanol–water partition coefficient (Wildman–Crippen LogP) is 4.13. The highest BCUT2D eigenvalue weighted by Gasteiger charge is 2.30. The molecule has 16 heavy (non-hydrogen) atoms. The van der Waals surface area contributed by atoms with E-state index >= 15 is 0 Å². The van der Waals surface area contributed by atoms with Crippen molar-refractivity contribution in [1.29, 1.82) is 0 Å². The Labute approximate surface area is 101 Å². The van der Waals surface area contributed by atoms with Crippen LogP contribution in [0.3, 0.4) is 0 Å². The number of hydrogen-bond donors (Lipinski definition) is 1. The SMILES string of the molecule is CSCCNc1ccc(C(F)(F)F)cc1Cl. The molecule has 1 rings (SSSR count). The van der Waals surface area contributed by atoms with E-state index in [1.165, 1.54) is 6.07 Å². The zero-order chi connectivity index (χ0) is 12.2. The van der Waals surface area contributed by atoms with Gasteiger partial charge in [0.25, 0.3) is 0 Å². The Kier molecular flexibility index (Phi) is 4.80. The van der Waals surface area contributed by atoms with Gasteiger partial charge in [-0.25, -0.2) is 0 Å². The number of benzene rings is 1. The molecule has 0 amide bonds. The van der Waals surface area contributed by atoms with Gasteiger partial charge in [0.2, 0.25) is 0 Å². The lowest BCUT2D eigenvalue weighted by Crippen LogP contribution is -2.07. The van der Waals surface area contributed by atoms with E-state index in [-0.39, 0.29) is 5.02 Å². The highest BCUT2D eigenvalue weighted by Crippen LogP contribution is 2.33. The fourth-order valence-electron chi connectivity index (χ4n) is 1.12. The summed E-state index contributed by atoms with van der Waals surface area (Å²) in [5, 5.41) is 3.07. The Hall–Kier alpha value is -0.550. The minimum absolute atomic E-state index is 0.0935. The van der Waals surface area contributed by atoms with Gasteiger partial charge in [0, 0.05) is 12.3 Å². The normalized spacial score (nSPS) is 11.6. The van der Waals surface area contributed by atoms with E-state index in [1.54, 1.807) is 11.8 Å². The molecule has 0 heterocycles. The molecule has 0 atom stereocenters. The molecule has 0 saturated carbocycles. The first kappa shape index (κ1) is 13.5. The predicted molar refractivity (Wildman–Crippen MR) is 63.3 cm³/mol. The van der Waals surface area contributed by atoms with Crippen LogP contribution in [0.15, 0.2) is 18.2 Å². The molecule has 1 N–H and O–H groups in total. The molecular weight excluding hydrogens is 259 g/mol. The van der Waals surface area contributed by atoms with Crippen LogP contribution in [0.25, 0.3) is 0 Å². The van der Waals surface area contributed by atoms with Crippen molar-refractivity contribution >= 4 is 29.1 Å². The van der Waals surface area contributed by atoms with E-state index in [0.29, 0.717) is 12.2 Å². The molecular formula is C10H11ClF3NS. The molecule has 0 unspecified atom stereocenters. The third-order valence-electron chi connectivity index (χ3n) is 1.92. The van der Waals surface area contributed by atoms with E-state index in [1.807, 2.05) is 6.26 Å². The zero-order valence-corrected chi connectivity index (χ0v) is 10.1. The van der Waals surface area contributed by atoms with Crippen LogP contribution >= 0.6 is 23.4 Å². The largest absolute Gasteiger partial charge is 0.416 e. The Balaban J connectivity index is 2.76. The lowest BCUT2D eigenvalue weighted by atomic mass is 10.2. The van der Waals surface area contributed by atoms with Gasteiger partial charge < -0.3 is 5.32 Å². The Morgan fingerprint density at radius 1 is 1.38 bits per heavy atom. The van der Waals surface area contributed by atoms with Gasteiger partial charge in [-0.1, -0.05) is 11.6 Å². The molecule has 0 aromatic heterocycles. The quantitative estimate of drug-likeness (QED) is 0.825. The summed E-state index contributed by atoms with van der Waals surface area (Å²) < 4.78 is 37.0. The molecule has 0 aliphatic rings. The maximum atomic E-state index is 12.3. The molecule has 1 aromatic carbocycles. The number of anilines is 1. The first-order valence-electron chi connectivity index (χ1n) is 4.54. The summed E-state index contributed by atoms with van der Waals surface area (Å²) in [5.74, 6) is 0.872. The lowest BCUT2D eigenvalue weighted by Gasteiger charge is -2.11. The molecule has 6 heteroatoms.